The molecule has 0 radical (unpaired) electrons. The number of esters is 2. The van der Waals surface area contributed by atoms with E-state index in [-0.39, 0.29) is 18.5 Å². The van der Waals surface area contributed by atoms with Crippen molar-refractivity contribution in [3.05, 3.63) is 12.2 Å². The summed E-state index contributed by atoms with van der Waals surface area (Å²) in [6.07, 6.45) is 44.9. The predicted octanol–water partition coefficient (Wildman–Crippen LogP) is 14.3. The fourth-order valence-corrected chi connectivity index (χ4v) is 6.45. The van der Waals surface area contributed by atoms with Crippen LogP contribution in [0.5, 0.6) is 0 Å². The van der Waals surface area contributed by atoms with Gasteiger partial charge in [-0.05, 0) is 44.9 Å². The Hall–Kier alpha value is -1.36. The molecule has 5 heteroatoms. The minimum Gasteiger partial charge on any atom is -0.462 e. The normalized spacial score (nSPS) is 12.1. The molecule has 0 amide bonds. The van der Waals surface area contributed by atoms with E-state index in [2.05, 4.69) is 32.9 Å². The van der Waals surface area contributed by atoms with E-state index in [1.807, 2.05) is 0 Å². The summed E-state index contributed by atoms with van der Waals surface area (Å²) in [6, 6.07) is 0. The third kappa shape index (κ3) is 39.4. The van der Waals surface area contributed by atoms with Crippen LogP contribution in [-0.2, 0) is 23.8 Å². The molecule has 0 fully saturated rings. The van der Waals surface area contributed by atoms with Crippen molar-refractivity contribution in [2.45, 2.75) is 245 Å². The first-order valence-electron chi connectivity index (χ1n) is 22.2. The molecule has 1 unspecified atom stereocenters. The maximum Gasteiger partial charge on any atom is 0.306 e. The largest absolute Gasteiger partial charge is 0.462 e. The zero-order chi connectivity index (χ0) is 36.4. The minimum absolute atomic E-state index is 0.0908. The van der Waals surface area contributed by atoms with Crippen molar-refractivity contribution in [2.24, 2.45) is 0 Å². The summed E-state index contributed by atoms with van der Waals surface area (Å²) in [6.45, 7) is 7.81. The van der Waals surface area contributed by atoms with Crippen LogP contribution in [0.15, 0.2) is 12.2 Å². The fourth-order valence-electron chi connectivity index (χ4n) is 6.45. The van der Waals surface area contributed by atoms with Gasteiger partial charge in [-0.15, -0.1) is 0 Å². The van der Waals surface area contributed by atoms with Crippen LogP contribution in [0.1, 0.15) is 239 Å². The van der Waals surface area contributed by atoms with E-state index in [1.54, 1.807) is 0 Å². The molecule has 0 heterocycles. The lowest BCUT2D eigenvalue weighted by molar-refractivity contribution is -0.163. The van der Waals surface area contributed by atoms with E-state index in [9.17, 15) is 9.59 Å². The van der Waals surface area contributed by atoms with Gasteiger partial charge in [0.1, 0.15) is 6.61 Å². The first-order chi connectivity index (χ1) is 24.6. The molecule has 0 rings (SSSR count). The molecule has 5 nitrogen and oxygen atoms in total. The summed E-state index contributed by atoms with van der Waals surface area (Å²) in [5.41, 5.74) is 0. The van der Waals surface area contributed by atoms with Gasteiger partial charge in [0.25, 0.3) is 0 Å². The fraction of sp³-hybridized carbons (Fsp3) is 0.911. The van der Waals surface area contributed by atoms with Crippen LogP contribution in [0.25, 0.3) is 0 Å². The molecule has 0 saturated heterocycles. The highest BCUT2D eigenvalue weighted by molar-refractivity contribution is 5.70. The van der Waals surface area contributed by atoms with E-state index < -0.39 is 6.10 Å². The highest BCUT2D eigenvalue weighted by atomic mass is 16.6. The van der Waals surface area contributed by atoms with Gasteiger partial charge >= 0.3 is 11.9 Å². The SMILES string of the molecule is CCCCCC/C=C\CCCCCCCCOCC(COC(=O)CCCCCCCCCCCCC)OC(=O)CCCCCCCCCCC. The molecular weight excluding hydrogens is 620 g/mol. The second-order valence-electron chi connectivity index (χ2n) is 15.0. The van der Waals surface area contributed by atoms with Gasteiger partial charge in [0.05, 0.1) is 6.61 Å². The van der Waals surface area contributed by atoms with Gasteiger partial charge < -0.3 is 14.2 Å². The Morgan fingerprint density at radius 1 is 0.420 bits per heavy atom. The van der Waals surface area contributed by atoms with Crippen LogP contribution in [0.3, 0.4) is 0 Å². The van der Waals surface area contributed by atoms with Crippen molar-refractivity contribution in [1.82, 2.24) is 0 Å². The molecule has 0 aliphatic heterocycles. The number of hydrogen-bond acceptors (Lipinski definition) is 5. The standard InChI is InChI=1S/C45H86O5/c1-4-7-10-13-16-19-21-22-23-25-28-31-34-37-40-48-41-43(50-45(47)39-36-33-30-26-18-15-12-9-6-3)42-49-44(46)38-35-32-29-27-24-20-17-14-11-8-5-2/h19,21,43H,4-18,20,22-42H2,1-3H3/b21-19-. The Bertz CT molecular complexity index is 720. The van der Waals surface area contributed by atoms with Crippen LogP contribution in [0.4, 0.5) is 0 Å². The summed E-state index contributed by atoms with van der Waals surface area (Å²) in [4.78, 5) is 25.1. The Labute approximate surface area is 312 Å². The van der Waals surface area contributed by atoms with E-state index in [0.29, 0.717) is 26.1 Å². The maximum atomic E-state index is 12.6. The third-order valence-corrected chi connectivity index (χ3v) is 9.80. The number of ether oxygens (including phenoxy) is 3. The molecule has 0 aliphatic carbocycles. The minimum atomic E-state index is -0.526. The number of rotatable bonds is 41. The number of carbonyl (C=O) groups is 2. The second-order valence-corrected chi connectivity index (χ2v) is 15.0. The first-order valence-corrected chi connectivity index (χ1v) is 22.2. The van der Waals surface area contributed by atoms with Crippen LogP contribution in [0, 0.1) is 0 Å². The Morgan fingerprint density at radius 3 is 1.24 bits per heavy atom. The maximum absolute atomic E-state index is 12.6. The lowest BCUT2D eigenvalue weighted by Crippen LogP contribution is -2.30. The molecule has 1 atom stereocenters. The smallest absolute Gasteiger partial charge is 0.306 e. The van der Waals surface area contributed by atoms with Crippen molar-refractivity contribution in [3.63, 3.8) is 0 Å². The number of carbonyl (C=O) groups excluding carboxylic acids is 2. The van der Waals surface area contributed by atoms with E-state index in [1.165, 1.54) is 167 Å². The topological polar surface area (TPSA) is 61.8 Å². The van der Waals surface area contributed by atoms with Gasteiger partial charge in [-0.25, -0.2) is 0 Å². The number of hydrogen-bond donors (Lipinski definition) is 0. The molecule has 0 aromatic rings. The zero-order valence-corrected chi connectivity index (χ0v) is 33.9. The third-order valence-electron chi connectivity index (χ3n) is 9.80. The lowest BCUT2D eigenvalue weighted by Gasteiger charge is -2.18. The molecule has 0 aromatic heterocycles. The summed E-state index contributed by atoms with van der Waals surface area (Å²) < 4.78 is 17.3. The van der Waals surface area contributed by atoms with E-state index >= 15 is 0 Å². The summed E-state index contributed by atoms with van der Waals surface area (Å²) in [5.74, 6) is -0.391. The average molecular weight is 707 g/mol. The van der Waals surface area contributed by atoms with Crippen molar-refractivity contribution in [1.29, 1.82) is 0 Å². The Kier molecular flexibility index (Phi) is 40.9. The highest BCUT2D eigenvalue weighted by Crippen LogP contribution is 2.14. The van der Waals surface area contributed by atoms with E-state index in [4.69, 9.17) is 14.2 Å². The molecule has 0 bridgehead atoms. The summed E-state index contributed by atoms with van der Waals surface area (Å²) in [7, 11) is 0. The highest BCUT2D eigenvalue weighted by Gasteiger charge is 2.17. The molecule has 0 aliphatic rings. The van der Waals surface area contributed by atoms with Crippen LogP contribution in [0.2, 0.25) is 0 Å². The zero-order valence-electron chi connectivity index (χ0n) is 33.9. The van der Waals surface area contributed by atoms with Crippen LogP contribution < -0.4 is 0 Å². The second kappa shape index (κ2) is 42.1. The molecule has 0 aromatic carbocycles. The molecule has 0 N–H and O–H groups in total. The molecule has 296 valence electrons. The van der Waals surface area contributed by atoms with Gasteiger partial charge in [0.2, 0.25) is 0 Å². The van der Waals surface area contributed by atoms with Gasteiger partial charge in [-0.1, -0.05) is 193 Å². The number of allylic oxidation sites excluding steroid dienone is 2. The van der Waals surface area contributed by atoms with E-state index in [0.717, 1.165) is 38.5 Å². The quantitative estimate of drug-likeness (QED) is 0.0360. The van der Waals surface area contributed by atoms with Gasteiger partial charge in [0, 0.05) is 19.4 Å². The number of unbranched alkanes of at least 4 members (excludes halogenated alkanes) is 28. The van der Waals surface area contributed by atoms with Gasteiger partial charge in [0.15, 0.2) is 6.10 Å². The molecule has 50 heavy (non-hydrogen) atoms. The first kappa shape index (κ1) is 48.6. The Balaban J connectivity index is 4.19. The monoisotopic (exact) mass is 707 g/mol. The molecule has 0 saturated carbocycles. The molecule has 0 spiro atoms. The van der Waals surface area contributed by atoms with Gasteiger partial charge in [-0.3, -0.25) is 9.59 Å². The lowest BCUT2D eigenvalue weighted by atomic mass is 10.1. The Morgan fingerprint density at radius 2 is 0.780 bits per heavy atom. The average Bonchev–Trinajstić information content (AvgIpc) is 3.11. The van der Waals surface area contributed by atoms with Crippen molar-refractivity contribution >= 4 is 11.9 Å². The van der Waals surface area contributed by atoms with Crippen LogP contribution >= 0.6 is 0 Å². The van der Waals surface area contributed by atoms with Crippen molar-refractivity contribution in [2.75, 3.05) is 19.8 Å². The van der Waals surface area contributed by atoms with Crippen molar-refractivity contribution in [3.8, 4) is 0 Å². The summed E-state index contributed by atoms with van der Waals surface area (Å²) in [5, 5.41) is 0. The van der Waals surface area contributed by atoms with Crippen LogP contribution in [-0.4, -0.2) is 37.9 Å². The molecular formula is C45H86O5. The van der Waals surface area contributed by atoms with Crippen molar-refractivity contribution < 1.29 is 23.8 Å². The predicted molar refractivity (Wildman–Crippen MR) is 215 cm³/mol. The van der Waals surface area contributed by atoms with Gasteiger partial charge in [-0.2, -0.15) is 0 Å². The summed E-state index contributed by atoms with van der Waals surface area (Å²) >= 11 is 0.